The molecule has 0 aliphatic heterocycles. The Kier molecular flexibility index (Phi) is 4.15. The van der Waals surface area contributed by atoms with Gasteiger partial charge in [0.05, 0.1) is 5.75 Å². The Hall–Kier alpha value is -2.62. The number of H-pyrrole nitrogens is 1. The monoisotopic (exact) mass is 334 g/mol. The number of aromatic amines is 1. The van der Waals surface area contributed by atoms with Crippen molar-refractivity contribution in [3.05, 3.63) is 33.9 Å². The van der Waals surface area contributed by atoms with Gasteiger partial charge in [-0.15, -0.1) is 10.2 Å². The lowest BCUT2D eigenvalue weighted by atomic mass is 10.3. The lowest BCUT2D eigenvalue weighted by Crippen LogP contribution is -2.15. The molecule has 10 heteroatoms. The second kappa shape index (κ2) is 6.24. The summed E-state index contributed by atoms with van der Waals surface area (Å²) in [7, 11) is 0. The molecular formula is C13H14N6O3S. The molecule has 0 aromatic carbocycles. The zero-order valence-corrected chi connectivity index (χ0v) is 13.3. The van der Waals surface area contributed by atoms with E-state index in [9.17, 15) is 9.59 Å². The molecule has 0 spiro atoms. The van der Waals surface area contributed by atoms with Crippen LogP contribution in [0.1, 0.15) is 18.4 Å². The molecule has 0 aliphatic rings. The number of aryl methyl sites for hydroxylation is 2. The maximum absolute atomic E-state index is 11.9. The number of carbonyl (C=O) groups is 1. The summed E-state index contributed by atoms with van der Waals surface area (Å²) in [5, 5.41) is 14.8. The Morgan fingerprint density at radius 2 is 2.26 bits per heavy atom. The number of nitrogens with one attached hydrogen (secondary N) is 2. The number of carbonyl (C=O) groups excluding carboxylic acids is 1. The quantitative estimate of drug-likeness (QED) is 0.668. The second-order valence-corrected chi connectivity index (χ2v) is 5.72. The van der Waals surface area contributed by atoms with E-state index in [0.717, 1.165) is 5.69 Å². The highest BCUT2D eigenvalue weighted by molar-refractivity contribution is 7.99. The van der Waals surface area contributed by atoms with E-state index in [0.29, 0.717) is 28.9 Å². The number of amides is 1. The van der Waals surface area contributed by atoms with Gasteiger partial charge in [-0.05, 0) is 13.3 Å². The number of thioether (sulfide) groups is 1. The van der Waals surface area contributed by atoms with Crippen LogP contribution in [0.25, 0.3) is 5.78 Å². The van der Waals surface area contributed by atoms with Crippen LogP contribution in [-0.4, -0.2) is 36.4 Å². The Labute approximate surface area is 134 Å². The molecular weight excluding hydrogens is 320 g/mol. The van der Waals surface area contributed by atoms with Gasteiger partial charge in [0, 0.05) is 17.8 Å². The predicted molar refractivity (Wildman–Crippen MR) is 83.6 cm³/mol. The van der Waals surface area contributed by atoms with Gasteiger partial charge in [0.1, 0.15) is 5.76 Å². The Morgan fingerprint density at radius 3 is 2.96 bits per heavy atom. The van der Waals surface area contributed by atoms with Crippen molar-refractivity contribution in [1.29, 1.82) is 0 Å². The minimum Gasteiger partial charge on any atom is -0.360 e. The molecule has 0 atom stereocenters. The molecule has 0 saturated carbocycles. The van der Waals surface area contributed by atoms with Crippen molar-refractivity contribution in [1.82, 2.24) is 24.7 Å². The van der Waals surface area contributed by atoms with Gasteiger partial charge in [-0.25, -0.2) is 0 Å². The van der Waals surface area contributed by atoms with Crippen molar-refractivity contribution >= 4 is 29.3 Å². The third kappa shape index (κ3) is 3.26. The van der Waals surface area contributed by atoms with Gasteiger partial charge in [-0.2, -0.15) is 0 Å². The molecule has 0 saturated heterocycles. The van der Waals surface area contributed by atoms with E-state index < -0.39 is 0 Å². The standard InChI is InChI=1S/C13H14N6O3S/c1-3-8-5-10(20)15-12-16-17-13(19(8)12)23-6-11(21)14-9-4-7(2)22-18-9/h4-5H,3,6H2,1-2H3,(H,14,18,21)(H,15,16,20). The first kappa shape index (κ1) is 15.3. The lowest BCUT2D eigenvalue weighted by Gasteiger charge is -2.04. The summed E-state index contributed by atoms with van der Waals surface area (Å²) in [6.07, 6.45) is 0.649. The molecule has 0 fully saturated rings. The predicted octanol–water partition coefficient (Wildman–Crippen LogP) is 1.01. The number of hydrogen-bond acceptors (Lipinski definition) is 7. The molecule has 3 aromatic rings. The average Bonchev–Trinajstić information content (AvgIpc) is 3.10. The molecule has 3 heterocycles. The van der Waals surface area contributed by atoms with Crippen LogP contribution in [0.2, 0.25) is 0 Å². The van der Waals surface area contributed by atoms with Gasteiger partial charge in [-0.1, -0.05) is 23.8 Å². The molecule has 23 heavy (non-hydrogen) atoms. The topological polar surface area (TPSA) is 118 Å². The van der Waals surface area contributed by atoms with Crippen LogP contribution >= 0.6 is 11.8 Å². The molecule has 0 bridgehead atoms. The summed E-state index contributed by atoms with van der Waals surface area (Å²) in [6.45, 7) is 3.68. The zero-order valence-electron chi connectivity index (χ0n) is 12.5. The zero-order chi connectivity index (χ0) is 16.4. The van der Waals surface area contributed by atoms with Gasteiger partial charge in [-0.3, -0.25) is 19.0 Å². The van der Waals surface area contributed by atoms with Crippen molar-refractivity contribution < 1.29 is 9.32 Å². The van der Waals surface area contributed by atoms with E-state index in [-0.39, 0.29) is 17.2 Å². The fourth-order valence-electron chi connectivity index (χ4n) is 2.06. The van der Waals surface area contributed by atoms with Crippen LogP contribution in [0, 0.1) is 6.92 Å². The van der Waals surface area contributed by atoms with Crippen molar-refractivity contribution in [2.24, 2.45) is 0 Å². The maximum Gasteiger partial charge on any atom is 0.252 e. The highest BCUT2D eigenvalue weighted by atomic mass is 32.2. The van der Waals surface area contributed by atoms with Crippen LogP contribution in [-0.2, 0) is 11.2 Å². The van der Waals surface area contributed by atoms with Crippen molar-refractivity contribution in [3.8, 4) is 0 Å². The van der Waals surface area contributed by atoms with Crippen LogP contribution in [0.5, 0.6) is 0 Å². The van der Waals surface area contributed by atoms with E-state index in [1.54, 1.807) is 17.4 Å². The van der Waals surface area contributed by atoms with E-state index in [4.69, 9.17) is 4.52 Å². The fourth-order valence-corrected chi connectivity index (χ4v) is 2.82. The fraction of sp³-hybridized carbons (Fsp3) is 0.308. The molecule has 3 aromatic heterocycles. The van der Waals surface area contributed by atoms with Crippen molar-refractivity contribution in [3.63, 3.8) is 0 Å². The summed E-state index contributed by atoms with van der Waals surface area (Å²) < 4.78 is 6.62. The first-order valence-electron chi connectivity index (χ1n) is 6.90. The third-order valence-electron chi connectivity index (χ3n) is 3.04. The van der Waals surface area contributed by atoms with Crippen LogP contribution in [0.4, 0.5) is 5.82 Å². The normalized spacial score (nSPS) is 11.0. The smallest absolute Gasteiger partial charge is 0.252 e. The highest BCUT2D eigenvalue weighted by Gasteiger charge is 2.13. The molecule has 0 aliphatic carbocycles. The highest BCUT2D eigenvalue weighted by Crippen LogP contribution is 2.18. The van der Waals surface area contributed by atoms with Gasteiger partial charge < -0.3 is 9.84 Å². The summed E-state index contributed by atoms with van der Waals surface area (Å²) in [5.74, 6) is 1.26. The second-order valence-electron chi connectivity index (χ2n) is 4.78. The average molecular weight is 334 g/mol. The van der Waals surface area contributed by atoms with Crippen molar-refractivity contribution in [2.75, 3.05) is 11.1 Å². The first-order valence-corrected chi connectivity index (χ1v) is 7.88. The molecule has 0 radical (unpaired) electrons. The molecule has 0 unspecified atom stereocenters. The van der Waals surface area contributed by atoms with E-state index in [1.165, 1.54) is 17.8 Å². The third-order valence-corrected chi connectivity index (χ3v) is 3.97. The summed E-state index contributed by atoms with van der Waals surface area (Å²) in [6, 6.07) is 3.13. The Balaban J connectivity index is 1.74. The number of anilines is 1. The maximum atomic E-state index is 11.9. The SMILES string of the molecule is CCc1cc(=O)[nH]c2nnc(SCC(=O)Nc3cc(C)on3)n12. The lowest BCUT2D eigenvalue weighted by molar-refractivity contribution is -0.113. The summed E-state index contributed by atoms with van der Waals surface area (Å²) in [5.41, 5.74) is 0.557. The largest absolute Gasteiger partial charge is 0.360 e. The van der Waals surface area contributed by atoms with E-state index in [2.05, 4.69) is 25.7 Å². The van der Waals surface area contributed by atoms with E-state index >= 15 is 0 Å². The summed E-state index contributed by atoms with van der Waals surface area (Å²) in [4.78, 5) is 26.1. The number of hydrogen-bond donors (Lipinski definition) is 2. The van der Waals surface area contributed by atoms with Gasteiger partial charge >= 0.3 is 0 Å². The minimum absolute atomic E-state index is 0.134. The van der Waals surface area contributed by atoms with Crippen LogP contribution < -0.4 is 10.9 Å². The Bertz CT molecular complexity index is 912. The molecule has 1 amide bonds. The minimum atomic E-state index is -0.234. The number of rotatable bonds is 5. The summed E-state index contributed by atoms with van der Waals surface area (Å²) >= 11 is 1.22. The molecule has 9 nitrogen and oxygen atoms in total. The van der Waals surface area contributed by atoms with Gasteiger partial charge in [0.15, 0.2) is 11.0 Å². The number of nitrogens with zero attached hydrogens (tertiary/aromatic N) is 4. The molecule has 2 N–H and O–H groups in total. The number of fused-ring (bicyclic) bond motifs is 1. The molecule has 120 valence electrons. The van der Waals surface area contributed by atoms with Crippen LogP contribution in [0.3, 0.4) is 0 Å². The van der Waals surface area contributed by atoms with Gasteiger partial charge in [0.25, 0.3) is 5.56 Å². The first-order chi connectivity index (χ1) is 11.1. The van der Waals surface area contributed by atoms with E-state index in [1.807, 2.05) is 6.92 Å². The van der Waals surface area contributed by atoms with Crippen molar-refractivity contribution in [2.45, 2.75) is 25.4 Å². The molecule has 3 rings (SSSR count). The van der Waals surface area contributed by atoms with Crippen LogP contribution in [0.15, 0.2) is 26.6 Å². The number of aromatic nitrogens is 5. The van der Waals surface area contributed by atoms with Gasteiger partial charge in [0.2, 0.25) is 11.7 Å². The Morgan fingerprint density at radius 1 is 1.43 bits per heavy atom.